The van der Waals surface area contributed by atoms with Gasteiger partial charge in [-0.3, -0.25) is 0 Å². The molecule has 0 fully saturated rings. The molecule has 0 rings (SSSR count). The zero-order valence-electron chi connectivity index (χ0n) is 9.94. The summed E-state index contributed by atoms with van der Waals surface area (Å²) < 4.78 is 0. The van der Waals surface area contributed by atoms with Gasteiger partial charge in [-0.1, -0.05) is 70.8 Å². The molecule has 0 saturated carbocycles. The van der Waals surface area contributed by atoms with Crippen LogP contribution in [0.3, 0.4) is 0 Å². The molecule has 0 amide bonds. The van der Waals surface area contributed by atoms with Crippen LogP contribution in [0.1, 0.15) is 51.9 Å². The lowest BCUT2D eigenvalue weighted by Crippen LogP contribution is -2.00. The summed E-state index contributed by atoms with van der Waals surface area (Å²) in [6.07, 6.45) is 11.5. The standard InChI is InChI=1S/C11H26B2/c1-3-4-5-8-11(13-2)9-6-7-10-12/h11,13H,3-10,12H2,1-2H3. The molecule has 0 radical (unpaired) electrons. The summed E-state index contributed by atoms with van der Waals surface area (Å²) in [5.74, 6) is 1.03. The van der Waals surface area contributed by atoms with E-state index in [-0.39, 0.29) is 0 Å². The summed E-state index contributed by atoms with van der Waals surface area (Å²) in [5.41, 5.74) is 0. The van der Waals surface area contributed by atoms with Crippen molar-refractivity contribution in [1.29, 1.82) is 0 Å². The van der Waals surface area contributed by atoms with Gasteiger partial charge in [0, 0.05) is 0 Å². The molecule has 0 nitrogen and oxygen atoms in total. The van der Waals surface area contributed by atoms with Gasteiger partial charge in [0.1, 0.15) is 15.1 Å². The Hall–Kier alpha value is 0.130. The number of hydrogen-bond acceptors (Lipinski definition) is 0. The zero-order chi connectivity index (χ0) is 9.94. The van der Waals surface area contributed by atoms with Gasteiger partial charge in [-0.2, -0.15) is 0 Å². The van der Waals surface area contributed by atoms with Gasteiger partial charge in [0.05, 0.1) is 0 Å². The molecule has 1 unspecified atom stereocenters. The van der Waals surface area contributed by atoms with Gasteiger partial charge in [0.25, 0.3) is 0 Å². The van der Waals surface area contributed by atoms with Crippen molar-refractivity contribution in [2.45, 2.75) is 70.8 Å². The van der Waals surface area contributed by atoms with Gasteiger partial charge >= 0.3 is 0 Å². The highest BCUT2D eigenvalue weighted by Gasteiger charge is 2.05. The molecule has 0 aromatic carbocycles. The molecule has 1 atom stereocenters. The molecule has 0 spiro atoms. The minimum absolute atomic E-state index is 1.03. The fraction of sp³-hybridized carbons (Fsp3) is 1.00. The molecule has 0 aliphatic carbocycles. The molecule has 0 heterocycles. The zero-order valence-corrected chi connectivity index (χ0v) is 9.94. The first kappa shape index (κ1) is 13.1. The van der Waals surface area contributed by atoms with Gasteiger partial charge in [-0.25, -0.2) is 0 Å². The smallest absolute Gasteiger partial charge is 0.0891 e. The van der Waals surface area contributed by atoms with E-state index < -0.39 is 0 Å². The predicted molar refractivity (Wildman–Crippen MR) is 68.1 cm³/mol. The van der Waals surface area contributed by atoms with Crippen molar-refractivity contribution in [2.24, 2.45) is 0 Å². The number of unbranched alkanes of at least 4 members (excludes halogenated alkanes) is 3. The maximum atomic E-state index is 2.35. The van der Waals surface area contributed by atoms with Crippen LogP contribution in [0.25, 0.3) is 0 Å². The molecule has 0 bridgehead atoms. The van der Waals surface area contributed by atoms with Crippen LogP contribution in [-0.2, 0) is 0 Å². The van der Waals surface area contributed by atoms with Crippen LogP contribution in [0.2, 0.25) is 19.0 Å². The Morgan fingerprint density at radius 3 is 2.15 bits per heavy atom. The minimum atomic E-state index is 1.03. The van der Waals surface area contributed by atoms with Crippen molar-refractivity contribution >= 4 is 15.1 Å². The predicted octanol–water partition coefficient (Wildman–Crippen LogP) is 3.06. The monoisotopic (exact) mass is 180 g/mol. The maximum absolute atomic E-state index is 2.35. The average molecular weight is 180 g/mol. The maximum Gasteiger partial charge on any atom is 0.120 e. The van der Waals surface area contributed by atoms with E-state index in [0.717, 1.165) is 5.82 Å². The third-order valence-electron chi connectivity index (χ3n) is 3.01. The van der Waals surface area contributed by atoms with Crippen molar-refractivity contribution in [3.05, 3.63) is 0 Å². The van der Waals surface area contributed by atoms with Crippen LogP contribution in [0.5, 0.6) is 0 Å². The molecule has 2 heteroatoms. The Morgan fingerprint density at radius 1 is 1.08 bits per heavy atom. The van der Waals surface area contributed by atoms with E-state index in [1.165, 1.54) is 58.5 Å². The molecule has 76 valence electrons. The Balaban J connectivity index is 3.28. The van der Waals surface area contributed by atoms with E-state index >= 15 is 0 Å². The lowest BCUT2D eigenvalue weighted by molar-refractivity contribution is 0.581. The summed E-state index contributed by atoms with van der Waals surface area (Å²) >= 11 is 0. The van der Waals surface area contributed by atoms with E-state index in [9.17, 15) is 0 Å². The van der Waals surface area contributed by atoms with Crippen LogP contribution in [-0.4, -0.2) is 15.1 Å². The van der Waals surface area contributed by atoms with Gasteiger partial charge in [-0.05, 0) is 0 Å². The lowest BCUT2D eigenvalue weighted by Gasteiger charge is -2.12. The second-order valence-electron chi connectivity index (χ2n) is 4.27. The van der Waals surface area contributed by atoms with Crippen molar-refractivity contribution in [3.63, 3.8) is 0 Å². The van der Waals surface area contributed by atoms with E-state index in [1.807, 2.05) is 0 Å². The normalized spacial score (nSPS) is 12.8. The first-order chi connectivity index (χ1) is 6.35. The third kappa shape index (κ3) is 8.46. The van der Waals surface area contributed by atoms with Gasteiger partial charge in [0.2, 0.25) is 0 Å². The summed E-state index contributed by atoms with van der Waals surface area (Å²) in [6.45, 7) is 4.64. The van der Waals surface area contributed by atoms with E-state index in [0.29, 0.717) is 0 Å². The molecule has 0 aromatic heterocycles. The first-order valence-corrected chi connectivity index (χ1v) is 6.35. The van der Waals surface area contributed by atoms with Crippen molar-refractivity contribution < 1.29 is 0 Å². The van der Waals surface area contributed by atoms with Crippen LogP contribution in [0.4, 0.5) is 0 Å². The Labute approximate surface area is 86.5 Å². The lowest BCUT2D eigenvalue weighted by atomic mass is 9.63. The molecule has 0 saturated heterocycles. The quantitative estimate of drug-likeness (QED) is 0.377. The van der Waals surface area contributed by atoms with Crippen LogP contribution in [0.15, 0.2) is 0 Å². The third-order valence-corrected chi connectivity index (χ3v) is 3.01. The summed E-state index contributed by atoms with van der Waals surface area (Å²) in [5, 5.41) is 0. The molecule has 0 N–H and O–H groups in total. The molecule has 0 aromatic rings. The SMILES string of the molecule is BCCCCC(BC)CCCCC. The number of hydrogen-bond donors (Lipinski definition) is 0. The van der Waals surface area contributed by atoms with Crippen molar-refractivity contribution in [1.82, 2.24) is 0 Å². The average Bonchev–Trinajstić information content (AvgIpc) is 2.16. The Kier molecular flexibility index (Phi) is 10.3. The first-order valence-electron chi connectivity index (χ1n) is 6.35. The van der Waals surface area contributed by atoms with Crippen LogP contribution < -0.4 is 0 Å². The second kappa shape index (κ2) is 10.2. The largest absolute Gasteiger partial charge is 0.120 e. The van der Waals surface area contributed by atoms with Gasteiger partial charge in [0.15, 0.2) is 0 Å². The van der Waals surface area contributed by atoms with Gasteiger partial charge in [-0.15, -0.1) is 0 Å². The molecular weight excluding hydrogens is 154 g/mol. The number of rotatable bonds is 9. The fourth-order valence-electron chi connectivity index (χ4n) is 1.92. The van der Waals surface area contributed by atoms with Crippen molar-refractivity contribution in [2.75, 3.05) is 0 Å². The van der Waals surface area contributed by atoms with E-state index in [1.54, 1.807) is 0 Å². The van der Waals surface area contributed by atoms with Crippen LogP contribution >= 0.6 is 0 Å². The van der Waals surface area contributed by atoms with Crippen LogP contribution in [0, 0.1) is 0 Å². The highest BCUT2D eigenvalue weighted by molar-refractivity contribution is 6.35. The second-order valence-corrected chi connectivity index (χ2v) is 4.27. The molecule has 0 aliphatic rings. The highest BCUT2D eigenvalue weighted by atomic mass is 14.0. The molecule has 0 aliphatic heterocycles. The Morgan fingerprint density at radius 2 is 1.69 bits per heavy atom. The molecule has 13 heavy (non-hydrogen) atoms. The fourth-order valence-corrected chi connectivity index (χ4v) is 1.92. The molecular formula is C11H26B2. The minimum Gasteiger partial charge on any atom is -0.0891 e. The summed E-state index contributed by atoms with van der Waals surface area (Å²) in [4.78, 5) is 0. The van der Waals surface area contributed by atoms with Crippen molar-refractivity contribution in [3.8, 4) is 0 Å². The van der Waals surface area contributed by atoms with E-state index in [2.05, 4.69) is 21.6 Å². The highest BCUT2D eigenvalue weighted by Crippen LogP contribution is 2.21. The summed E-state index contributed by atoms with van der Waals surface area (Å²) in [6, 6.07) is 0. The van der Waals surface area contributed by atoms with Gasteiger partial charge < -0.3 is 0 Å². The van der Waals surface area contributed by atoms with E-state index in [4.69, 9.17) is 0 Å². The summed E-state index contributed by atoms with van der Waals surface area (Å²) in [7, 11) is 3.69. The topological polar surface area (TPSA) is 0 Å². The Bertz CT molecular complexity index is 84.1.